The number of benzene rings is 1. The molecule has 1 saturated heterocycles. The number of ether oxygens (including phenoxy) is 1. The van der Waals surface area contributed by atoms with E-state index in [1.807, 2.05) is 6.92 Å². The number of imide groups is 1. The van der Waals surface area contributed by atoms with Crippen molar-refractivity contribution in [1.82, 2.24) is 5.32 Å². The summed E-state index contributed by atoms with van der Waals surface area (Å²) in [5, 5.41) is 2.86. The van der Waals surface area contributed by atoms with Gasteiger partial charge in [0.15, 0.2) is 0 Å². The average molecular weight is 262 g/mol. The summed E-state index contributed by atoms with van der Waals surface area (Å²) in [6.45, 7) is 2.03. The first kappa shape index (κ1) is 13.4. The van der Waals surface area contributed by atoms with Crippen molar-refractivity contribution in [3.8, 4) is 5.75 Å². The second kappa shape index (κ2) is 5.73. The third-order valence-corrected chi connectivity index (χ3v) is 3.16. The lowest BCUT2D eigenvalue weighted by molar-refractivity contribution is -0.119. The quantitative estimate of drug-likeness (QED) is 0.905. The third kappa shape index (κ3) is 2.70. The van der Waals surface area contributed by atoms with E-state index in [1.165, 1.54) is 7.11 Å². The summed E-state index contributed by atoms with van der Waals surface area (Å²) in [5.74, 6) is 0.326. The zero-order valence-electron chi connectivity index (χ0n) is 11.2. The van der Waals surface area contributed by atoms with Crippen molar-refractivity contribution in [1.29, 1.82) is 0 Å². The molecular weight excluding hydrogens is 244 g/mol. The van der Waals surface area contributed by atoms with Crippen molar-refractivity contribution in [3.05, 3.63) is 24.3 Å². The van der Waals surface area contributed by atoms with Gasteiger partial charge in [0.1, 0.15) is 5.75 Å². The van der Waals surface area contributed by atoms with Crippen LogP contribution in [-0.4, -0.2) is 25.1 Å². The van der Waals surface area contributed by atoms with Crippen LogP contribution in [0.25, 0.3) is 0 Å². The van der Waals surface area contributed by atoms with E-state index in [-0.39, 0.29) is 18.0 Å². The molecule has 3 amide bonds. The van der Waals surface area contributed by atoms with Crippen molar-refractivity contribution in [2.45, 2.75) is 32.2 Å². The molecule has 5 heteroatoms. The van der Waals surface area contributed by atoms with E-state index in [0.29, 0.717) is 17.9 Å². The summed E-state index contributed by atoms with van der Waals surface area (Å²) in [6.07, 6.45) is 2.09. The van der Waals surface area contributed by atoms with Crippen molar-refractivity contribution in [2.75, 3.05) is 12.0 Å². The topological polar surface area (TPSA) is 58.6 Å². The van der Waals surface area contributed by atoms with E-state index >= 15 is 0 Å². The Morgan fingerprint density at radius 1 is 1.37 bits per heavy atom. The second-order valence-corrected chi connectivity index (χ2v) is 4.54. The van der Waals surface area contributed by atoms with Gasteiger partial charge in [-0.15, -0.1) is 0 Å². The van der Waals surface area contributed by atoms with Gasteiger partial charge in [-0.05, 0) is 18.6 Å². The van der Waals surface area contributed by atoms with Crippen LogP contribution in [0.1, 0.15) is 26.2 Å². The predicted molar refractivity (Wildman–Crippen MR) is 72.3 cm³/mol. The summed E-state index contributed by atoms with van der Waals surface area (Å²) in [6, 6.07) is 6.57. The number of para-hydroxylation sites is 2. The number of methoxy groups -OCH3 is 1. The van der Waals surface area contributed by atoms with Gasteiger partial charge in [0, 0.05) is 12.5 Å². The zero-order valence-corrected chi connectivity index (χ0v) is 11.2. The van der Waals surface area contributed by atoms with Gasteiger partial charge < -0.3 is 10.1 Å². The van der Waals surface area contributed by atoms with Crippen LogP contribution in [0, 0.1) is 0 Å². The predicted octanol–water partition coefficient (Wildman–Crippen LogP) is 2.31. The number of anilines is 1. The average Bonchev–Trinajstić information content (AvgIpc) is 2.39. The Morgan fingerprint density at radius 3 is 2.74 bits per heavy atom. The van der Waals surface area contributed by atoms with Crippen LogP contribution in [0.15, 0.2) is 24.3 Å². The molecule has 0 spiro atoms. The fraction of sp³-hybridized carbons (Fsp3) is 0.429. The molecule has 1 heterocycles. The molecule has 102 valence electrons. The summed E-state index contributed by atoms with van der Waals surface area (Å²) in [7, 11) is 1.52. The first-order valence-electron chi connectivity index (χ1n) is 6.43. The van der Waals surface area contributed by atoms with E-state index in [0.717, 1.165) is 17.7 Å². The van der Waals surface area contributed by atoms with Crippen LogP contribution in [0.3, 0.4) is 0 Å². The number of hydrogen-bond acceptors (Lipinski definition) is 3. The maximum absolute atomic E-state index is 12.2. The Labute approximate surface area is 112 Å². The molecule has 1 unspecified atom stereocenters. The molecule has 1 atom stereocenters. The molecule has 1 aromatic rings. The largest absolute Gasteiger partial charge is 0.495 e. The number of nitrogens with zero attached hydrogens (tertiary/aromatic N) is 1. The Balaban J connectivity index is 2.25. The highest BCUT2D eigenvalue weighted by molar-refractivity contribution is 6.16. The number of carbonyl (C=O) groups excluding carboxylic acids is 2. The van der Waals surface area contributed by atoms with Crippen LogP contribution < -0.4 is 15.0 Å². The molecule has 0 aliphatic carbocycles. The van der Waals surface area contributed by atoms with E-state index < -0.39 is 0 Å². The number of hydrogen-bond donors (Lipinski definition) is 1. The van der Waals surface area contributed by atoms with Crippen LogP contribution in [0.4, 0.5) is 10.5 Å². The minimum atomic E-state index is -0.376. The highest BCUT2D eigenvalue weighted by Gasteiger charge is 2.33. The monoisotopic (exact) mass is 262 g/mol. The third-order valence-electron chi connectivity index (χ3n) is 3.16. The van der Waals surface area contributed by atoms with E-state index in [4.69, 9.17) is 4.74 Å². The second-order valence-electron chi connectivity index (χ2n) is 4.54. The number of nitrogens with one attached hydrogen (secondary N) is 1. The maximum Gasteiger partial charge on any atom is 0.329 e. The Morgan fingerprint density at radius 2 is 2.11 bits per heavy atom. The fourth-order valence-corrected chi connectivity index (χ4v) is 2.29. The van der Waals surface area contributed by atoms with Crippen LogP contribution in [0.2, 0.25) is 0 Å². The highest BCUT2D eigenvalue weighted by Crippen LogP contribution is 2.30. The van der Waals surface area contributed by atoms with E-state index in [9.17, 15) is 9.59 Å². The number of carbonyl (C=O) groups is 2. The zero-order chi connectivity index (χ0) is 13.8. The molecule has 1 fully saturated rings. The normalized spacial score (nSPS) is 19.3. The van der Waals surface area contributed by atoms with Crippen molar-refractivity contribution in [3.63, 3.8) is 0 Å². The first-order valence-corrected chi connectivity index (χ1v) is 6.43. The van der Waals surface area contributed by atoms with Gasteiger partial charge in [0.05, 0.1) is 12.8 Å². The molecule has 0 saturated carbocycles. The number of amides is 3. The summed E-state index contributed by atoms with van der Waals surface area (Å²) >= 11 is 0. The molecule has 1 N–H and O–H groups in total. The van der Waals surface area contributed by atoms with E-state index in [1.54, 1.807) is 24.3 Å². The molecule has 0 radical (unpaired) electrons. The summed E-state index contributed by atoms with van der Waals surface area (Å²) in [5.41, 5.74) is 0.488. The minimum Gasteiger partial charge on any atom is -0.495 e. The van der Waals surface area contributed by atoms with Crippen molar-refractivity contribution in [2.24, 2.45) is 0 Å². The smallest absolute Gasteiger partial charge is 0.329 e. The lowest BCUT2D eigenvalue weighted by atomic mass is 10.1. The Kier molecular flexibility index (Phi) is 4.04. The van der Waals surface area contributed by atoms with Gasteiger partial charge in [0.2, 0.25) is 5.91 Å². The Bertz CT molecular complexity index is 469. The van der Waals surface area contributed by atoms with Crippen LogP contribution >= 0.6 is 0 Å². The van der Waals surface area contributed by atoms with Gasteiger partial charge in [-0.3, -0.25) is 4.79 Å². The van der Waals surface area contributed by atoms with Gasteiger partial charge in [-0.2, -0.15) is 0 Å². The number of rotatable bonds is 4. The molecular formula is C14H18N2O3. The SMILES string of the molecule is CCCC1CC(=O)N(c2ccccc2OC)C(=O)N1. The molecule has 1 aliphatic heterocycles. The van der Waals surface area contributed by atoms with Gasteiger partial charge >= 0.3 is 6.03 Å². The van der Waals surface area contributed by atoms with Gasteiger partial charge in [-0.25, -0.2) is 9.69 Å². The Hall–Kier alpha value is -2.04. The summed E-state index contributed by atoms with van der Waals surface area (Å²) < 4.78 is 5.20. The minimum absolute atomic E-state index is 0.0593. The van der Waals surface area contributed by atoms with Crippen LogP contribution in [0.5, 0.6) is 5.75 Å². The first-order chi connectivity index (χ1) is 9.17. The lowest BCUT2D eigenvalue weighted by Gasteiger charge is -2.31. The number of urea groups is 1. The van der Waals surface area contributed by atoms with Gasteiger partial charge in [0.25, 0.3) is 0 Å². The highest BCUT2D eigenvalue weighted by atomic mass is 16.5. The molecule has 5 nitrogen and oxygen atoms in total. The van der Waals surface area contributed by atoms with E-state index in [2.05, 4.69) is 5.32 Å². The molecule has 1 aromatic carbocycles. The fourth-order valence-electron chi connectivity index (χ4n) is 2.29. The molecule has 1 aliphatic rings. The van der Waals surface area contributed by atoms with Crippen molar-refractivity contribution < 1.29 is 14.3 Å². The lowest BCUT2D eigenvalue weighted by Crippen LogP contribution is -2.55. The molecule has 2 rings (SSSR count). The molecule has 19 heavy (non-hydrogen) atoms. The van der Waals surface area contributed by atoms with Crippen molar-refractivity contribution >= 4 is 17.6 Å². The maximum atomic E-state index is 12.2. The molecule has 0 bridgehead atoms. The van der Waals surface area contributed by atoms with Gasteiger partial charge in [-0.1, -0.05) is 25.5 Å². The standard InChI is InChI=1S/C14H18N2O3/c1-3-6-10-9-13(17)16(14(18)15-10)11-7-4-5-8-12(11)19-2/h4-5,7-8,10H,3,6,9H2,1-2H3,(H,15,18). The molecule has 0 aromatic heterocycles. The summed E-state index contributed by atoms with van der Waals surface area (Å²) in [4.78, 5) is 25.4. The van der Waals surface area contributed by atoms with Crippen LogP contribution in [-0.2, 0) is 4.79 Å².